The van der Waals surface area contributed by atoms with Gasteiger partial charge in [0.05, 0.1) is 0 Å². The van der Waals surface area contributed by atoms with Gasteiger partial charge in [-0.2, -0.15) is 0 Å². The molecule has 1 saturated carbocycles. The molecule has 2 aromatic rings. The van der Waals surface area contributed by atoms with E-state index in [1.54, 1.807) is 24.4 Å². The van der Waals surface area contributed by atoms with Gasteiger partial charge in [0.15, 0.2) is 5.65 Å². The maximum absolute atomic E-state index is 11.9. The lowest BCUT2D eigenvalue weighted by Crippen LogP contribution is -2.45. The molecule has 2 heterocycles. The molecule has 104 valence electrons. The van der Waals surface area contributed by atoms with Crippen LogP contribution in [0.1, 0.15) is 12.8 Å². The molecule has 20 heavy (non-hydrogen) atoms. The Hall–Kier alpha value is -2.64. The highest BCUT2D eigenvalue weighted by Gasteiger charge is 2.51. The summed E-state index contributed by atoms with van der Waals surface area (Å²) in [6.45, 7) is -0.296. The second-order valence-corrected chi connectivity index (χ2v) is 4.80. The second-order valence-electron chi connectivity index (χ2n) is 4.80. The number of nitrogens with zero attached hydrogens (tertiary/aromatic N) is 3. The lowest BCUT2D eigenvalue weighted by atomic mass is 10.3. The highest BCUT2D eigenvalue weighted by Crippen LogP contribution is 2.35. The zero-order valence-electron chi connectivity index (χ0n) is 10.4. The van der Waals surface area contributed by atoms with E-state index in [9.17, 15) is 14.4 Å². The van der Waals surface area contributed by atoms with Gasteiger partial charge in [-0.15, -0.1) is 5.10 Å². The van der Waals surface area contributed by atoms with E-state index in [1.807, 2.05) is 0 Å². The van der Waals surface area contributed by atoms with Gasteiger partial charge in [0.2, 0.25) is 5.91 Å². The molecule has 0 atom stereocenters. The summed E-state index contributed by atoms with van der Waals surface area (Å²) in [7, 11) is 0. The Bertz CT molecular complexity index is 756. The van der Waals surface area contributed by atoms with Crippen LogP contribution in [-0.2, 0) is 16.1 Å². The van der Waals surface area contributed by atoms with Crippen LogP contribution in [0, 0.1) is 0 Å². The van der Waals surface area contributed by atoms with Crippen molar-refractivity contribution in [3.05, 3.63) is 34.9 Å². The summed E-state index contributed by atoms with van der Waals surface area (Å²) < 4.78 is 2.33. The predicted molar refractivity (Wildman–Crippen MR) is 67.2 cm³/mol. The van der Waals surface area contributed by atoms with Crippen molar-refractivity contribution < 1.29 is 14.7 Å². The zero-order chi connectivity index (χ0) is 14.3. The second kappa shape index (κ2) is 4.19. The highest BCUT2D eigenvalue weighted by molar-refractivity contribution is 5.89. The molecular weight excluding hydrogens is 264 g/mol. The Morgan fingerprint density at radius 3 is 2.75 bits per heavy atom. The molecule has 1 amide bonds. The van der Waals surface area contributed by atoms with Gasteiger partial charge in [0.25, 0.3) is 0 Å². The monoisotopic (exact) mass is 276 g/mol. The molecule has 0 saturated heterocycles. The number of amides is 1. The minimum atomic E-state index is -1.15. The number of carboxylic acid groups (broad SMARTS) is 1. The standard InChI is InChI=1S/C12H12N4O4/c17-9(13-12(4-5-12)10(18)19)7-16-11(20)15-6-2-1-3-8(15)14-16/h1-3,6H,4-5,7H2,(H,13,17)(H,18,19). The van der Waals surface area contributed by atoms with Crippen molar-refractivity contribution in [1.29, 1.82) is 0 Å². The maximum Gasteiger partial charge on any atom is 0.350 e. The van der Waals surface area contributed by atoms with Crippen LogP contribution in [0.15, 0.2) is 29.2 Å². The first-order valence-corrected chi connectivity index (χ1v) is 6.10. The number of carbonyl (C=O) groups is 2. The molecule has 8 heteroatoms. The van der Waals surface area contributed by atoms with Crippen LogP contribution in [0.5, 0.6) is 0 Å². The van der Waals surface area contributed by atoms with Crippen molar-refractivity contribution in [1.82, 2.24) is 19.5 Å². The summed E-state index contributed by atoms with van der Waals surface area (Å²) in [5, 5.41) is 15.4. The van der Waals surface area contributed by atoms with E-state index >= 15 is 0 Å². The molecule has 0 unspecified atom stereocenters. The fraction of sp³-hybridized carbons (Fsp3) is 0.333. The number of hydrogen-bond acceptors (Lipinski definition) is 4. The first-order chi connectivity index (χ1) is 9.52. The smallest absolute Gasteiger partial charge is 0.350 e. The molecule has 3 rings (SSSR count). The van der Waals surface area contributed by atoms with Crippen molar-refractivity contribution in [3.8, 4) is 0 Å². The summed E-state index contributed by atoms with van der Waals surface area (Å²) in [6, 6.07) is 5.06. The van der Waals surface area contributed by atoms with Gasteiger partial charge in [-0.3, -0.25) is 9.20 Å². The third-order valence-electron chi connectivity index (χ3n) is 3.32. The zero-order valence-corrected chi connectivity index (χ0v) is 10.4. The van der Waals surface area contributed by atoms with E-state index in [1.165, 1.54) is 4.40 Å². The van der Waals surface area contributed by atoms with E-state index in [0.717, 1.165) is 4.68 Å². The summed E-state index contributed by atoms with van der Waals surface area (Å²) in [5.74, 6) is -1.58. The minimum Gasteiger partial charge on any atom is -0.480 e. The van der Waals surface area contributed by atoms with E-state index in [4.69, 9.17) is 5.11 Å². The summed E-state index contributed by atoms with van der Waals surface area (Å²) >= 11 is 0. The van der Waals surface area contributed by atoms with Gasteiger partial charge in [0.1, 0.15) is 12.1 Å². The van der Waals surface area contributed by atoms with Gasteiger partial charge >= 0.3 is 11.7 Å². The van der Waals surface area contributed by atoms with Gasteiger partial charge in [-0.1, -0.05) is 6.07 Å². The molecule has 2 N–H and O–H groups in total. The van der Waals surface area contributed by atoms with Gasteiger partial charge in [-0.05, 0) is 25.0 Å². The average molecular weight is 276 g/mol. The Morgan fingerprint density at radius 1 is 1.40 bits per heavy atom. The summed E-state index contributed by atoms with van der Waals surface area (Å²) in [4.78, 5) is 34.7. The highest BCUT2D eigenvalue weighted by atomic mass is 16.4. The number of carbonyl (C=O) groups excluding carboxylic acids is 1. The SMILES string of the molecule is O=C(Cn1nc2ccccn2c1=O)NC1(C(=O)O)CC1. The molecule has 1 fully saturated rings. The molecule has 0 bridgehead atoms. The Morgan fingerprint density at radius 2 is 2.15 bits per heavy atom. The van der Waals surface area contributed by atoms with Crippen molar-refractivity contribution in [2.45, 2.75) is 24.9 Å². The topological polar surface area (TPSA) is 106 Å². The lowest BCUT2D eigenvalue weighted by Gasteiger charge is -2.11. The number of pyridine rings is 1. The Balaban J connectivity index is 1.80. The normalized spacial score (nSPS) is 16.0. The number of nitrogens with one attached hydrogen (secondary N) is 1. The van der Waals surface area contributed by atoms with Crippen molar-refractivity contribution in [2.75, 3.05) is 0 Å². The third kappa shape index (κ3) is 1.94. The van der Waals surface area contributed by atoms with Gasteiger partial charge < -0.3 is 10.4 Å². The van der Waals surface area contributed by atoms with Gasteiger partial charge in [0, 0.05) is 6.20 Å². The van der Waals surface area contributed by atoms with Crippen LogP contribution in [0.2, 0.25) is 0 Å². The number of fused-ring (bicyclic) bond motifs is 1. The third-order valence-corrected chi connectivity index (χ3v) is 3.32. The van der Waals surface area contributed by atoms with Crippen LogP contribution in [0.25, 0.3) is 5.65 Å². The van der Waals surface area contributed by atoms with E-state index in [2.05, 4.69) is 10.4 Å². The largest absolute Gasteiger partial charge is 0.480 e. The van der Waals surface area contributed by atoms with E-state index < -0.39 is 23.1 Å². The average Bonchev–Trinajstić information content (AvgIpc) is 3.12. The molecule has 1 aliphatic carbocycles. The van der Waals surface area contributed by atoms with Crippen molar-refractivity contribution >= 4 is 17.5 Å². The number of rotatable bonds is 4. The fourth-order valence-electron chi connectivity index (χ4n) is 2.03. The quantitative estimate of drug-likeness (QED) is 0.762. The molecule has 0 radical (unpaired) electrons. The van der Waals surface area contributed by atoms with Crippen LogP contribution in [0.3, 0.4) is 0 Å². The van der Waals surface area contributed by atoms with Crippen LogP contribution < -0.4 is 11.0 Å². The van der Waals surface area contributed by atoms with Crippen LogP contribution in [0.4, 0.5) is 0 Å². The van der Waals surface area contributed by atoms with E-state index in [-0.39, 0.29) is 6.54 Å². The Kier molecular flexibility index (Phi) is 2.60. The molecule has 8 nitrogen and oxygen atoms in total. The predicted octanol–water partition coefficient (Wildman–Crippen LogP) is -0.771. The van der Waals surface area contributed by atoms with Crippen molar-refractivity contribution in [3.63, 3.8) is 0 Å². The molecular formula is C12H12N4O4. The number of aromatic nitrogens is 3. The number of hydrogen-bond donors (Lipinski definition) is 2. The van der Waals surface area contributed by atoms with Crippen LogP contribution >= 0.6 is 0 Å². The Labute approximate surface area is 112 Å². The number of carboxylic acids is 1. The molecule has 0 spiro atoms. The van der Waals surface area contributed by atoms with E-state index in [0.29, 0.717) is 18.5 Å². The number of aliphatic carboxylic acids is 1. The summed E-state index contributed by atoms with van der Waals surface area (Å²) in [6.07, 6.45) is 2.38. The molecule has 0 aliphatic heterocycles. The first kappa shape index (κ1) is 12.4. The fourth-order valence-corrected chi connectivity index (χ4v) is 2.03. The minimum absolute atomic E-state index is 0.296. The molecule has 1 aliphatic rings. The first-order valence-electron chi connectivity index (χ1n) is 6.10. The molecule has 2 aromatic heterocycles. The van der Waals surface area contributed by atoms with Gasteiger partial charge in [-0.25, -0.2) is 14.3 Å². The maximum atomic E-state index is 11.9. The summed E-state index contributed by atoms with van der Waals surface area (Å²) in [5.41, 5.74) is -1.15. The lowest BCUT2D eigenvalue weighted by molar-refractivity contribution is -0.143. The van der Waals surface area contributed by atoms with Crippen LogP contribution in [-0.4, -0.2) is 36.7 Å². The van der Waals surface area contributed by atoms with Crippen molar-refractivity contribution in [2.24, 2.45) is 0 Å². The molecule has 0 aromatic carbocycles.